The van der Waals surface area contributed by atoms with Crippen LogP contribution in [0.5, 0.6) is 0 Å². The van der Waals surface area contributed by atoms with Gasteiger partial charge in [-0.15, -0.1) is 0 Å². The highest BCUT2D eigenvalue weighted by atomic mass is 79.9. The van der Waals surface area contributed by atoms with E-state index in [1.165, 1.54) is 12.1 Å². The van der Waals surface area contributed by atoms with E-state index in [1.54, 1.807) is 30.5 Å². The summed E-state index contributed by atoms with van der Waals surface area (Å²) in [5.41, 5.74) is 2.34. The highest BCUT2D eigenvalue weighted by Gasteiger charge is 2.22. The van der Waals surface area contributed by atoms with Gasteiger partial charge in [0, 0.05) is 12.2 Å². The zero-order valence-corrected chi connectivity index (χ0v) is 17.1. The first-order chi connectivity index (χ1) is 12.3. The van der Waals surface area contributed by atoms with Crippen molar-refractivity contribution in [1.82, 2.24) is 9.88 Å². The fraction of sp³-hybridized carbons (Fsp3) is 0.400. The Morgan fingerprint density at radius 1 is 1.31 bits per heavy atom. The van der Waals surface area contributed by atoms with Gasteiger partial charge in [-0.3, -0.25) is 9.59 Å². The first-order valence-electron chi connectivity index (χ1n) is 8.77. The number of hydrogen-bond acceptors (Lipinski definition) is 2. The van der Waals surface area contributed by atoms with Crippen LogP contribution < -0.4 is 10.9 Å². The molecule has 0 saturated carbocycles. The van der Waals surface area contributed by atoms with E-state index in [1.807, 2.05) is 13.8 Å². The number of hydrogen-bond donors (Lipinski definition) is 1. The largest absolute Gasteiger partial charge is 0.345 e. The minimum absolute atomic E-state index is 0.129. The van der Waals surface area contributed by atoms with Crippen molar-refractivity contribution < 1.29 is 9.18 Å². The van der Waals surface area contributed by atoms with Crippen molar-refractivity contribution in [2.24, 2.45) is 0 Å². The maximum Gasteiger partial charge on any atom is 0.265 e. The van der Waals surface area contributed by atoms with Gasteiger partial charge in [0.05, 0.1) is 16.1 Å². The monoisotopic (exact) mass is 422 g/mol. The third-order valence-electron chi connectivity index (χ3n) is 4.54. The number of benzene rings is 1. The molecule has 6 heteroatoms. The second-order valence-corrected chi connectivity index (χ2v) is 7.14. The summed E-state index contributed by atoms with van der Waals surface area (Å²) in [5.74, 6) is -0.594. The van der Waals surface area contributed by atoms with Crippen molar-refractivity contribution in [3.05, 3.63) is 67.3 Å². The van der Waals surface area contributed by atoms with Gasteiger partial charge < -0.3 is 9.88 Å². The van der Waals surface area contributed by atoms with Crippen molar-refractivity contribution in [2.45, 2.75) is 53.1 Å². The number of carbonyl (C=O) groups is 1. The molecule has 1 heterocycles. The quantitative estimate of drug-likeness (QED) is 0.735. The molecule has 1 aromatic heterocycles. The Balaban J connectivity index is 2.44. The molecule has 1 N–H and O–H groups in total. The van der Waals surface area contributed by atoms with E-state index in [9.17, 15) is 14.0 Å². The second kappa shape index (κ2) is 8.62. The predicted octanol–water partition coefficient (Wildman–Crippen LogP) is 4.66. The molecular weight excluding hydrogens is 399 g/mol. The van der Waals surface area contributed by atoms with Crippen molar-refractivity contribution in [3.8, 4) is 0 Å². The van der Waals surface area contributed by atoms with E-state index in [4.69, 9.17) is 0 Å². The summed E-state index contributed by atoms with van der Waals surface area (Å²) < 4.78 is 15.6. The number of aromatic nitrogens is 1. The number of nitrogens with one attached hydrogen (secondary N) is 1. The molecule has 1 unspecified atom stereocenters. The first kappa shape index (κ1) is 20.4. The molecule has 2 rings (SSSR count). The average Bonchev–Trinajstić information content (AvgIpc) is 2.61. The van der Waals surface area contributed by atoms with E-state index in [0.29, 0.717) is 34.3 Å². The van der Waals surface area contributed by atoms with Crippen LogP contribution in [0, 0.1) is 19.7 Å². The number of nitrogens with zero attached hydrogens (tertiary/aromatic N) is 1. The Morgan fingerprint density at radius 2 is 2.00 bits per heavy atom. The van der Waals surface area contributed by atoms with Crippen LogP contribution in [0.4, 0.5) is 4.39 Å². The molecular formula is C20H24BrFN2O2. The maximum absolute atomic E-state index is 13.5. The number of halogens is 2. The molecule has 1 atom stereocenters. The zero-order chi connectivity index (χ0) is 19.4. The lowest BCUT2D eigenvalue weighted by atomic mass is 10.0. The fourth-order valence-electron chi connectivity index (χ4n) is 3.15. The van der Waals surface area contributed by atoms with Crippen LogP contribution >= 0.6 is 15.9 Å². The van der Waals surface area contributed by atoms with Crippen molar-refractivity contribution in [2.75, 3.05) is 0 Å². The van der Waals surface area contributed by atoms with E-state index >= 15 is 0 Å². The van der Waals surface area contributed by atoms with Crippen LogP contribution in [-0.4, -0.2) is 10.5 Å². The Kier molecular flexibility index (Phi) is 6.75. The van der Waals surface area contributed by atoms with Gasteiger partial charge in [0.2, 0.25) is 0 Å². The SMILES string of the molecule is CCCn1c(C)c(C(=O)NC(CC)c2cccc(F)c2)c(C)c(Br)c1=O. The first-order valence-corrected chi connectivity index (χ1v) is 9.56. The molecule has 140 valence electrons. The highest BCUT2D eigenvalue weighted by molar-refractivity contribution is 9.10. The number of rotatable bonds is 6. The van der Waals surface area contributed by atoms with E-state index in [2.05, 4.69) is 21.2 Å². The number of carbonyl (C=O) groups excluding carboxylic acids is 1. The summed E-state index contributed by atoms with van der Waals surface area (Å²) in [7, 11) is 0. The lowest BCUT2D eigenvalue weighted by Crippen LogP contribution is -2.33. The average molecular weight is 423 g/mol. The Hall–Kier alpha value is -1.95. The number of amides is 1. The van der Waals surface area contributed by atoms with Gasteiger partial charge in [-0.1, -0.05) is 26.0 Å². The molecule has 1 aromatic carbocycles. The molecule has 26 heavy (non-hydrogen) atoms. The highest BCUT2D eigenvalue weighted by Crippen LogP contribution is 2.23. The molecule has 0 aliphatic heterocycles. The summed E-state index contributed by atoms with van der Waals surface area (Å²) in [5, 5.41) is 2.98. The summed E-state index contributed by atoms with van der Waals surface area (Å²) in [6, 6.07) is 5.94. The fourth-order valence-corrected chi connectivity index (χ4v) is 3.56. The van der Waals surface area contributed by atoms with Crippen LogP contribution in [0.1, 0.15) is 59.9 Å². The molecule has 0 bridgehead atoms. The topological polar surface area (TPSA) is 51.1 Å². The van der Waals surface area contributed by atoms with Crippen LogP contribution in [0.3, 0.4) is 0 Å². The Bertz CT molecular complexity index is 877. The molecule has 4 nitrogen and oxygen atoms in total. The van der Waals surface area contributed by atoms with Crippen molar-refractivity contribution in [3.63, 3.8) is 0 Å². The summed E-state index contributed by atoms with van der Waals surface area (Å²) in [4.78, 5) is 25.4. The summed E-state index contributed by atoms with van der Waals surface area (Å²) in [6.45, 7) is 8.01. The normalized spacial score (nSPS) is 12.1. The van der Waals surface area contributed by atoms with E-state index < -0.39 is 0 Å². The van der Waals surface area contributed by atoms with Gasteiger partial charge in [0.1, 0.15) is 5.82 Å². The van der Waals surface area contributed by atoms with Crippen LogP contribution in [0.2, 0.25) is 0 Å². The van der Waals surface area contributed by atoms with Gasteiger partial charge in [-0.05, 0) is 65.9 Å². The van der Waals surface area contributed by atoms with Gasteiger partial charge in [0.15, 0.2) is 0 Å². The van der Waals surface area contributed by atoms with E-state index in [0.717, 1.165) is 12.0 Å². The molecule has 0 aliphatic carbocycles. The summed E-state index contributed by atoms with van der Waals surface area (Å²) in [6.07, 6.45) is 1.42. The van der Waals surface area contributed by atoms with Gasteiger partial charge in [-0.2, -0.15) is 0 Å². The van der Waals surface area contributed by atoms with Crippen LogP contribution in [0.15, 0.2) is 33.5 Å². The zero-order valence-electron chi connectivity index (χ0n) is 15.5. The van der Waals surface area contributed by atoms with Crippen LogP contribution in [0.25, 0.3) is 0 Å². The number of pyridine rings is 1. The third-order valence-corrected chi connectivity index (χ3v) is 5.48. The van der Waals surface area contributed by atoms with Gasteiger partial charge in [0.25, 0.3) is 11.5 Å². The molecule has 1 amide bonds. The minimum Gasteiger partial charge on any atom is -0.345 e. The van der Waals surface area contributed by atoms with E-state index in [-0.39, 0.29) is 23.3 Å². The standard InChI is InChI=1S/C20H24BrFN2O2/c1-5-10-24-13(4)17(12(3)18(21)20(24)26)19(25)23-16(6-2)14-8-7-9-15(22)11-14/h7-9,11,16H,5-6,10H2,1-4H3,(H,23,25). The molecule has 0 fully saturated rings. The smallest absolute Gasteiger partial charge is 0.265 e. The second-order valence-electron chi connectivity index (χ2n) is 6.35. The van der Waals surface area contributed by atoms with Crippen LogP contribution in [-0.2, 0) is 6.54 Å². The summed E-state index contributed by atoms with van der Waals surface area (Å²) >= 11 is 3.33. The maximum atomic E-state index is 13.5. The Labute approximate surface area is 161 Å². The molecule has 0 spiro atoms. The minimum atomic E-state index is -0.332. The Morgan fingerprint density at radius 3 is 2.58 bits per heavy atom. The van der Waals surface area contributed by atoms with Crippen molar-refractivity contribution in [1.29, 1.82) is 0 Å². The molecule has 0 saturated heterocycles. The molecule has 0 aliphatic rings. The van der Waals surface area contributed by atoms with Gasteiger partial charge in [-0.25, -0.2) is 4.39 Å². The van der Waals surface area contributed by atoms with Crippen molar-refractivity contribution >= 4 is 21.8 Å². The molecule has 0 radical (unpaired) electrons. The third kappa shape index (κ3) is 4.06. The predicted molar refractivity (Wildman–Crippen MR) is 105 cm³/mol. The lowest BCUT2D eigenvalue weighted by molar-refractivity contribution is 0.0933. The van der Waals surface area contributed by atoms with Gasteiger partial charge >= 0.3 is 0 Å². The lowest BCUT2D eigenvalue weighted by Gasteiger charge is -2.21. The molecule has 2 aromatic rings.